The molecular weight excluding hydrogens is 577 g/mol. The van der Waals surface area contributed by atoms with Gasteiger partial charge in [0.25, 0.3) is 21.6 Å². The molecule has 1 aliphatic rings. The lowest BCUT2D eigenvalue weighted by Crippen LogP contribution is -2.42. The van der Waals surface area contributed by atoms with Crippen LogP contribution in [0.3, 0.4) is 0 Å². The summed E-state index contributed by atoms with van der Waals surface area (Å²) in [4.78, 5) is 23.4. The highest BCUT2D eigenvalue weighted by atomic mass is 32.2. The molecule has 39 heavy (non-hydrogen) atoms. The minimum atomic E-state index is -4.38. The average Bonchev–Trinajstić information content (AvgIpc) is 3.37. The Balaban J connectivity index is 1.31. The maximum atomic E-state index is 13.2. The average molecular weight is 601 g/mol. The van der Waals surface area contributed by atoms with Gasteiger partial charge in [-0.3, -0.25) is 14.9 Å². The summed E-state index contributed by atoms with van der Waals surface area (Å²) in [5, 5.41) is 16.7. The van der Waals surface area contributed by atoms with Crippen LogP contribution in [0, 0.1) is 10.1 Å². The number of sulfonamides is 1. The van der Waals surface area contributed by atoms with Gasteiger partial charge in [0.05, 0.1) is 11.5 Å². The first-order chi connectivity index (χ1) is 18.4. The zero-order chi connectivity index (χ0) is 28.2. The summed E-state index contributed by atoms with van der Waals surface area (Å²) in [5.74, 6) is -0.520. The lowest BCUT2D eigenvalue weighted by atomic mass is 10.1. The van der Waals surface area contributed by atoms with Gasteiger partial charge in [0.15, 0.2) is 0 Å². The van der Waals surface area contributed by atoms with E-state index in [0.29, 0.717) is 23.4 Å². The van der Waals surface area contributed by atoms with Crippen LogP contribution in [0.15, 0.2) is 69.8 Å². The number of non-ortho nitro benzene ring substituents is 1. The molecule has 2 aromatic carbocycles. The highest BCUT2D eigenvalue weighted by Crippen LogP contribution is 2.38. The van der Waals surface area contributed by atoms with Crippen LogP contribution in [0.1, 0.15) is 28.1 Å². The van der Waals surface area contributed by atoms with Gasteiger partial charge in [0.2, 0.25) is 0 Å². The van der Waals surface area contributed by atoms with Crippen LogP contribution in [0.25, 0.3) is 0 Å². The Labute approximate surface area is 230 Å². The summed E-state index contributed by atoms with van der Waals surface area (Å²) in [6, 6.07) is 14.3. The number of hydrogen-bond donors (Lipinski definition) is 2. The van der Waals surface area contributed by atoms with E-state index in [0.717, 1.165) is 17.4 Å². The van der Waals surface area contributed by atoms with E-state index in [1.807, 2.05) is 0 Å². The van der Waals surface area contributed by atoms with Gasteiger partial charge in [-0.2, -0.15) is 17.5 Å². The van der Waals surface area contributed by atoms with Gasteiger partial charge in [0.1, 0.15) is 4.21 Å². The van der Waals surface area contributed by atoms with Crippen molar-refractivity contribution >= 4 is 50.4 Å². The zero-order valence-corrected chi connectivity index (χ0v) is 22.6. The van der Waals surface area contributed by atoms with Crippen LogP contribution in [0.2, 0.25) is 0 Å². The van der Waals surface area contributed by atoms with Crippen molar-refractivity contribution < 1.29 is 31.3 Å². The van der Waals surface area contributed by atoms with Crippen LogP contribution in [0.5, 0.6) is 0 Å². The van der Waals surface area contributed by atoms with Crippen LogP contribution < -0.4 is 10.6 Å². The SMILES string of the molecule is O=C(NCc1ccc(S(=O)(=O)N2CCC(Nc3cccc(SC(F)(F)F)c3)CC2)s1)c1cccc([N+](=O)[O-])c1. The first kappa shape index (κ1) is 28.9. The molecule has 1 aliphatic heterocycles. The normalized spacial score (nSPS) is 15.2. The molecule has 0 unspecified atom stereocenters. The van der Waals surface area contributed by atoms with E-state index < -0.39 is 26.4 Å². The fourth-order valence-electron chi connectivity index (χ4n) is 4.01. The van der Waals surface area contributed by atoms with Gasteiger partial charge in [-0.05, 0) is 61.0 Å². The van der Waals surface area contributed by atoms with Crippen LogP contribution in [-0.2, 0) is 16.6 Å². The van der Waals surface area contributed by atoms with Crippen molar-refractivity contribution in [1.82, 2.24) is 9.62 Å². The third-order valence-electron chi connectivity index (χ3n) is 5.87. The molecule has 2 heterocycles. The van der Waals surface area contributed by atoms with Gasteiger partial charge >= 0.3 is 5.51 Å². The predicted octanol–water partition coefficient (Wildman–Crippen LogP) is 5.46. The highest BCUT2D eigenvalue weighted by molar-refractivity contribution is 8.00. The Morgan fingerprint density at radius 3 is 2.51 bits per heavy atom. The molecule has 0 saturated carbocycles. The second-order valence-electron chi connectivity index (χ2n) is 8.61. The number of thiophene rings is 1. The van der Waals surface area contributed by atoms with Gasteiger partial charge in [-0.1, -0.05) is 12.1 Å². The molecule has 1 aromatic heterocycles. The second kappa shape index (κ2) is 11.9. The van der Waals surface area contributed by atoms with E-state index in [9.17, 15) is 36.5 Å². The van der Waals surface area contributed by atoms with Crippen molar-refractivity contribution in [2.24, 2.45) is 0 Å². The number of amides is 1. The zero-order valence-electron chi connectivity index (χ0n) is 20.2. The first-order valence-corrected chi connectivity index (χ1v) is 14.7. The summed E-state index contributed by atoms with van der Waals surface area (Å²) < 4.78 is 65.8. The fourth-order valence-corrected chi connectivity index (χ4v) is 7.53. The standard InChI is InChI=1S/C24H23F3N4O5S3/c25-24(26,27)38-20-6-2-4-18(14-20)29-17-9-11-30(12-10-17)39(35,36)22-8-7-21(37-22)15-28-23(32)16-3-1-5-19(13-16)31(33)34/h1-8,13-14,17,29H,9-12,15H2,(H,28,32). The van der Waals surface area contributed by atoms with E-state index in [1.54, 1.807) is 12.1 Å². The number of halogens is 3. The molecule has 0 bridgehead atoms. The number of benzene rings is 2. The van der Waals surface area contributed by atoms with E-state index in [1.165, 1.54) is 46.8 Å². The van der Waals surface area contributed by atoms with Crippen molar-refractivity contribution in [3.8, 4) is 0 Å². The molecule has 0 atom stereocenters. The molecule has 9 nitrogen and oxygen atoms in total. The molecule has 15 heteroatoms. The molecule has 1 saturated heterocycles. The van der Waals surface area contributed by atoms with Crippen molar-refractivity contribution in [1.29, 1.82) is 0 Å². The van der Waals surface area contributed by atoms with Gasteiger partial charge in [-0.25, -0.2) is 8.42 Å². The van der Waals surface area contributed by atoms with Crippen LogP contribution in [-0.4, -0.2) is 48.2 Å². The molecule has 0 spiro atoms. The number of carbonyl (C=O) groups excluding carboxylic acids is 1. The molecule has 0 aliphatic carbocycles. The maximum absolute atomic E-state index is 13.2. The number of thioether (sulfide) groups is 1. The summed E-state index contributed by atoms with van der Waals surface area (Å²) in [5.41, 5.74) is -3.92. The predicted molar refractivity (Wildman–Crippen MR) is 142 cm³/mol. The number of hydrogen-bond acceptors (Lipinski definition) is 8. The Morgan fingerprint density at radius 1 is 1.10 bits per heavy atom. The summed E-state index contributed by atoms with van der Waals surface area (Å²) >= 11 is 0.837. The molecule has 1 fully saturated rings. The van der Waals surface area contributed by atoms with E-state index in [-0.39, 0.29) is 57.8 Å². The first-order valence-electron chi connectivity index (χ1n) is 11.6. The van der Waals surface area contributed by atoms with Crippen molar-refractivity contribution in [3.63, 3.8) is 0 Å². The minimum absolute atomic E-state index is 0.0550. The van der Waals surface area contributed by atoms with Crippen molar-refractivity contribution in [3.05, 3.63) is 81.2 Å². The Morgan fingerprint density at radius 2 is 1.82 bits per heavy atom. The number of nitro groups is 1. The number of carbonyl (C=O) groups is 1. The fraction of sp³-hybridized carbons (Fsp3) is 0.292. The molecular formula is C24H23F3N4O5S3. The smallest absolute Gasteiger partial charge is 0.382 e. The third kappa shape index (κ3) is 7.71. The number of anilines is 1. The van der Waals surface area contributed by atoms with Crippen LogP contribution >= 0.6 is 23.1 Å². The maximum Gasteiger partial charge on any atom is 0.446 e. The Kier molecular flexibility index (Phi) is 8.83. The molecule has 3 aromatic rings. The number of alkyl halides is 3. The summed E-state index contributed by atoms with van der Waals surface area (Å²) in [6.07, 6.45) is 0.959. The van der Waals surface area contributed by atoms with E-state index >= 15 is 0 Å². The lowest BCUT2D eigenvalue weighted by molar-refractivity contribution is -0.384. The monoisotopic (exact) mass is 600 g/mol. The summed E-state index contributed by atoms with van der Waals surface area (Å²) in [6.45, 7) is 0.543. The largest absolute Gasteiger partial charge is 0.446 e. The third-order valence-corrected chi connectivity index (χ3v) is 10.0. The molecule has 0 radical (unpaired) electrons. The minimum Gasteiger partial charge on any atom is -0.382 e. The molecule has 208 valence electrons. The molecule has 1 amide bonds. The number of nitro benzene ring substituents is 1. The number of piperidine rings is 1. The van der Waals surface area contributed by atoms with Gasteiger partial charge in [-0.15, -0.1) is 11.3 Å². The molecule has 2 N–H and O–H groups in total. The number of rotatable bonds is 9. The van der Waals surface area contributed by atoms with Crippen molar-refractivity contribution in [2.45, 2.75) is 40.0 Å². The van der Waals surface area contributed by atoms with Gasteiger partial charge in [0, 0.05) is 52.3 Å². The molecule has 4 rings (SSSR count). The lowest BCUT2D eigenvalue weighted by Gasteiger charge is -2.31. The Bertz CT molecular complexity index is 1450. The van der Waals surface area contributed by atoms with E-state index in [2.05, 4.69) is 10.6 Å². The second-order valence-corrected chi connectivity index (χ2v) is 13.1. The van der Waals surface area contributed by atoms with Gasteiger partial charge < -0.3 is 10.6 Å². The highest BCUT2D eigenvalue weighted by Gasteiger charge is 2.31. The summed E-state index contributed by atoms with van der Waals surface area (Å²) in [7, 11) is -3.76. The Hall–Kier alpha value is -3.14. The number of nitrogens with one attached hydrogen (secondary N) is 2. The number of nitrogens with zero attached hydrogens (tertiary/aromatic N) is 2. The van der Waals surface area contributed by atoms with Crippen molar-refractivity contribution in [2.75, 3.05) is 18.4 Å². The van der Waals surface area contributed by atoms with E-state index in [4.69, 9.17) is 0 Å². The topological polar surface area (TPSA) is 122 Å². The van der Waals surface area contributed by atoms with Crippen LogP contribution in [0.4, 0.5) is 24.5 Å². The quantitative estimate of drug-likeness (QED) is 0.190.